The zero-order chi connectivity index (χ0) is 11.9. The fourth-order valence-electron chi connectivity index (χ4n) is 2.17. The Morgan fingerprint density at radius 2 is 1.88 bits per heavy atom. The predicted molar refractivity (Wildman–Crippen MR) is 71.2 cm³/mol. The number of alkyl halides is 1. The second-order valence-electron chi connectivity index (χ2n) is 4.96. The van der Waals surface area contributed by atoms with Crippen molar-refractivity contribution in [2.45, 2.75) is 51.6 Å². The molecule has 0 atom stereocenters. The standard InChI is InChI=1S/C13H25BrO2/c1-3-8-15-9-10-16-13(11-14)6-4-12(2)5-7-13/h12H,3-11H2,1-2H3. The first-order valence-electron chi connectivity index (χ1n) is 6.50. The minimum atomic E-state index is 0.0854. The summed E-state index contributed by atoms with van der Waals surface area (Å²) in [6.45, 7) is 6.78. The zero-order valence-electron chi connectivity index (χ0n) is 10.6. The highest BCUT2D eigenvalue weighted by molar-refractivity contribution is 9.09. The van der Waals surface area contributed by atoms with Gasteiger partial charge in [0.05, 0.1) is 18.8 Å². The van der Waals surface area contributed by atoms with Crippen LogP contribution in [0.2, 0.25) is 0 Å². The molecule has 0 aromatic heterocycles. The zero-order valence-corrected chi connectivity index (χ0v) is 12.2. The first kappa shape index (κ1) is 14.5. The summed E-state index contributed by atoms with van der Waals surface area (Å²) >= 11 is 3.61. The molecule has 0 unspecified atom stereocenters. The lowest BCUT2D eigenvalue weighted by molar-refractivity contribution is -0.0776. The van der Waals surface area contributed by atoms with Gasteiger partial charge >= 0.3 is 0 Å². The van der Waals surface area contributed by atoms with E-state index >= 15 is 0 Å². The second kappa shape index (κ2) is 7.67. The molecule has 0 saturated heterocycles. The van der Waals surface area contributed by atoms with Crippen LogP contribution in [0.15, 0.2) is 0 Å². The van der Waals surface area contributed by atoms with E-state index in [0.29, 0.717) is 0 Å². The lowest BCUT2D eigenvalue weighted by atomic mass is 9.80. The molecule has 0 radical (unpaired) electrons. The van der Waals surface area contributed by atoms with Crippen molar-refractivity contribution in [1.82, 2.24) is 0 Å². The van der Waals surface area contributed by atoms with Crippen molar-refractivity contribution in [3.05, 3.63) is 0 Å². The minimum Gasteiger partial charge on any atom is -0.379 e. The van der Waals surface area contributed by atoms with Gasteiger partial charge in [-0.15, -0.1) is 0 Å². The summed E-state index contributed by atoms with van der Waals surface area (Å²) in [6, 6.07) is 0. The third-order valence-corrected chi connectivity index (χ3v) is 4.44. The van der Waals surface area contributed by atoms with Crippen molar-refractivity contribution in [1.29, 1.82) is 0 Å². The summed E-state index contributed by atoms with van der Waals surface area (Å²) < 4.78 is 11.5. The summed E-state index contributed by atoms with van der Waals surface area (Å²) in [7, 11) is 0. The van der Waals surface area contributed by atoms with E-state index in [2.05, 4.69) is 29.8 Å². The average molecular weight is 293 g/mol. The summed E-state index contributed by atoms with van der Waals surface area (Å²) in [6.07, 6.45) is 6.05. The lowest BCUT2D eigenvalue weighted by Crippen LogP contribution is -2.39. The van der Waals surface area contributed by atoms with Crippen LogP contribution in [0.1, 0.15) is 46.0 Å². The van der Waals surface area contributed by atoms with E-state index in [4.69, 9.17) is 9.47 Å². The van der Waals surface area contributed by atoms with Gasteiger partial charge in [-0.2, -0.15) is 0 Å². The quantitative estimate of drug-likeness (QED) is 0.525. The number of hydrogen-bond acceptors (Lipinski definition) is 2. The molecule has 0 amide bonds. The molecule has 0 bridgehead atoms. The van der Waals surface area contributed by atoms with Crippen LogP contribution >= 0.6 is 15.9 Å². The van der Waals surface area contributed by atoms with Gasteiger partial charge in [-0.1, -0.05) is 29.8 Å². The normalized spacial score (nSPS) is 30.6. The number of hydrogen-bond donors (Lipinski definition) is 0. The van der Waals surface area contributed by atoms with Gasteiger partial charge < -0.3 is 9.47 Å². The molecule has 0 heterocycles. The smallest absolute Gasteiger partial charge is 0.0780 e. The Bertz CT molecular complexity index is 177. The molecule has 0 aliphatic heterocycles. The van der Waals surface area contributed by atoms with Crippen molar-refractivity contribution < 1.29 is 9.47 Å². The molecule has 96 valence electrons. The Balaban J connectivity index is 2.20. The molecule has 1 aliphatic carbocycles. The maximum Gasteiger partial charge on any atom is 0.0780 e. The first-order chi connectivity index (χ1) is 7.72. The van der Waals surface area contributed by atoms with Gasteiger partial charge in [0.1, 0.15) is 0 Å². The highest BCUT2D eigenvalue weighted by Crippen LogP contribution is 2.35. The largest absolute Gasteiger partial charge is 0.379 e. The molecule has 16 heavy (non-hydrogen) atoms. The van der Waals surface area contributed by atoms with E-state index in [1.54, 1.807) is 0 Å². The fourth-order valence-corrected chi connectivity index (χ4v) is 2.89. The highest BCUT2D eigenvalue weighted by Gasteiger charge is 2.33. The molecule has 1 aliphatic rings. The van der Waals surface area contributed by atoms with E-state index in [1.807, 2.05) is 0 Å². The van der Waals surface area contributed by atoms with Gasteiger partial charge in [0, 0.05) is 11.9 Å². The number of halogens is 1. The van der Waals surface area contributed by atoms with E-state index in [-0.39, 0.29) is 5.60 Å². The average Bonchev–Trinajstić information content (AvgIpc) is 2.32. The Labute approximate surface area is 108 Å². The van der Waals surface area contributed by atoms with Crippen LogP contribution in [0.25, 0.3) is 0 Å². The molecule has 0 spiro atoms. The molecule has 0 N–H and O–H groups in total. The number of rotatable bonds is 7. The summed E-state index contributed by atoms with van der Waals surface area (Å²) in [5.41, 5.74) is 0.0854. The van der Waals surface area contributed by atoms with Crippen molar-refractivity contribution in [3.8, 4) is 0 Å². The van der Waals surface area contributed by atoms with Crippen LogP contribution in [0.5, 0.6) is 0 Å². The van der Waals surface area contributed by atoms with Crippen LogP contribution < -0.4 is 0 Å². The predicted octanol–water partition coefficient (Wildman–Crippen LogP) is 3.77. The van der Waals surface area contributed by atoms with E-state index in [1.165, 1.54) is 25.7 Å². The van der Waals surface area contributed by atoms with Crippen molar-refractivity contribution in [2.24, 2.45) is 5.92 Å². The van der Waals surface area contributed by atoms with Crippen LogP contribution in [0, 0.1) is 5.92 Å². The van der Waals surface area contributed by atoms with Crippen molar-refractivity contribution >= 4 is 15.9 Å². The van der Waals surface area contributed by atoms with E-state index < -0.39 is 0 Å². The molecular weight excluding hydrogens is 268 g/mol. The van der Waals surface area contributed by atoms with Gasteiger partial charge in [-0.25, -0.2) is 0 Å². The van der Waals surface area contributed by atoms with E-state index in [9.17, 15) is 0 Å². The van der Waals surface area contributed by atoms with Gasteiger partial charge in [0.2, 0.25) is 0 Å². The van der Waals surface area contributed by atoms with Crippen LogP contribution in [-0.2, 0) is 9.47 Å². The molecule has 0 aromatic rings. The summed E-state index contributed by atoms with van der Waals surface area (Å²) in [4.78, 5) is 0. The fraction of sp³-hybridized carbons (Fsp3) is 1.00. The lowest BCUT2D eigenvalue weighted by Gasteiger charge is -2.38. The SMILES string of the molecule is CCCOCCOC1(CBr)CCC(C)CC1. The van der Waals surface area contributed by atoms with Crippen LogP contribution in [0.4, 0.5) is 0 Å². The Kier molecular flexibility index (Phi) is 6.94. The molecule has 1 rings (SSSR count). The van der Waals surface area contributed by atoms with Gasteiger partial charge in [0.25, 0.3) is 0 Å². The molecular formula is C13H25BrO2. The Morgan fingerprint density at radius 1 is 1.19 bits per heavy atom. The highest BCUT2D eigenvalue weighted by atomic mass is 79.9. The topological polar surface area (TPSA) is 18.5 Å². The van der Waals surface area contributed by atoms with Gasteiger partial charge in [0.15, 0.2) is 0 Å². The second-order valence-corrected chi connectivity index (χ2v) is 5.52. The molecule has 2 nitrogen and oxygen atoms in total. The molecule has 1 saturated carbocycles. The Morgan fingerprint density at radius 3 is 2.44 bits per heavy atom. The van der Waals surface area contributed by atoms with Crippen molar-refractivity contribution in [2.75, 3.05) is 25.2 Å². The van der Waals surface area contributed by atoms with Crippen LogP contribution in [-0.4, -0.2) is 30.8 Å². The number of ether oxygens (including phenoxy) is 2. The summed E-state index contributed by atoms with van der Waals surface area (Å²) in [5.74, 6) is 0.868. The van der Waals surface area contributed by atoms with Crippen molar-refractivity contribution in [3.63, 3.8) is 0 Å². The summed E-state index contributed by atoms with van der Waals surface area (Å²) in [5, 5.41) is 0.959. The van der Waals surface area contributed by atoms with Crippen LogP contribution in [0.3, 0.4) is 0 Å². The van der Waals surface area contributed by atoms with Gasteiger partial charge in [-0.05, 0) is 38.0 Å². The van der Waals surface area contributed by atoms with Gasteiger partial charge in [-0.3, -0.25) is 0 Å². The molecule has 1 fully saturated rings. The third kappa shape index (κ3) is 4.72. The first-order valence-corrected chi connectivity index (χ1v) is 7.62. The monoisotopic (exact) mass is 292 g/mol. The Hall–Kier alpha value is 0.400. The minimum absolute atomic E-state index is 0.0854. The molecule has 0 aromatic carbocycles. The van der Waals surface area contributed by atoms with E-state index in [0.717, 1.165) is 37.5 Å². The molecule has 3 heteroatoms. The maximum absolute atomic E-state index is 6.04. The third-order valence-electron chi connectivity index (χ3n) is 3.41. The maximum atomic E-state index is 6.04.